The maximum Gasteiger partial charge on any atom is 0.306 e. The van der Waals surface area contributed by atoms with Gasteiger partial charge in [-0.1, -0.05) is 31.1 Å². The maximum absolute atomic E-state index is 14.9. The van der Waals surface area contributed by atoms with E-state index in [1.807, 2.05) is 55.7 Å². The summed E-state index contributed by atoms with van der Waals surface area (Å²) in [6.07, 6.45) is 12.6. The first kappa shape index (κ1) is 44.3. The third kappa shape index (κ3) is 9.05. The molecule has 3 aliphatic carbocycles. The minimum atomic E-state index is -3.98. The number of rotatable bonds is 11. The summed E-state index contributed by atoms with van der Waals surface area (Å²) in [7, 11) is -3.98. The van der Waals surface area contributed by atoms with Gasteiger partial charge in [0.2, 0.25) is 21.8 Å². The number of allylic oxidation sites excluding steroid dienone is 1. The van der Waals surface area contributed by atoms with E-state index in [0.29, 0.717) is 38.1 Å². The fourth-order valence-corrected chi connectivity index (χ4v) is 11.8. The van der Waals surface area contributed by atoms with Crippen molar-refractivity contribution >= 4 is 56.1 Å². The average Bonchev–Trinajstić information content (AvgIpc) is 3.75. The number of ether oxygens (including phenoxy) is 2. The molecule has 62 heavy (non-hydrogen) atoms. The number of aryl methyl sites for hydroxylation is 2. The third-order valence-electron chi connectivity index (χ3n) is 13.2. The van der Waals surface area contributed by atoms with Crippen LogP contribution in [-0.2, 0) is 46.8 Å². The Morgan fingerprint density at radius 3 is 2.60 bits per heavy atom. The van der Waals surface area contributed by atoms with Crippen LogP contribution in [0.4, 0.5) is 0 Å². The van der Waals surface area contributed by atoms with E-state index in [0.717, 1.165) is 72.2 Å². The summed E-state index contributed by atoms with van der Waals surface area (Å²) >= 11 is 1.71. The maximum atomic E-state index is 14.9. The lowest BCUT2D eigenvalue weighted by molar-refractivity contribution is -0.155. The number of para-hydroxylation sites is 1. The van der Waals surface area contributed by atoms with Gasteiger partial charge >= 0.3 is 5.97 Å². The number of fused-ring (bicyclic) bond motifs is 4. The molecule has 3 aromatic rings. The topological polar surface area (TPSA) is 179 Å². The number of sulfonamides is 1. The SMILES string of the molecule is CC(C)n1c(OC2CC3C(=O)NC4(C(=O)NS(=O)(=O)C5(C)CC5)CC4C=CCCCCCC(CCCC(=O)OC(C)(C)C)C(=O)N3C2)nc2c(-c3nc4c(s3)CCC4)cccc21. The molecule has 5 unspecified atom stereocenters. The van der Waals surface area contributed by atoms with Crippen LogP contribution >= 0.6 is 11.3 Å². The minimum absolute atomic E-state index is 0.0369. The summed E-state index contributed by atoms with van der Waals surface area (Å²) in [5.74, 6) is -2.70. The molecule has 1 saturated heterocycles. The molecule has 0 bridgehead atoms. The summed E-state index contributed by atoms with van der Waals surface area (Å²) in [5, 5.41) is 3.92. The van der Waals surface area contributed by atoms with E-state index in [4.69, 9.17) is 19.4 Å². The van der Waals surface area contributed by atoms with Crippen LogP contribution in [0.2, 0.25) is 0 Å². The van der Waals surface area contributed by atoms with Gasteiger partial charge in [-0.3, -0.25) is 28.5 Å². The molecule has 4 heterocycles. The van der Waals surface area contributed by atoms with Crippen LogP contribution in [0.3, 0.4) is 0 Å². The normalized spacial score (nSPS) is 26.3. The molecule has 5 aliphatic rings. The minimum Gasteiger partial charge on any atom is -0.460 e. The number of aromatic nitrogens is 3. The molecule has 0 radical (unpaired) electrons. The van der Waals surface area contributed by atoms with Crippen molar-refractivity contribution in [3.63, 3.8) is 0 Å². The summed E-state index contributed by atoms with van der Waals surface area (Å²) in [4.78, 5) is 69.3. The van der Waals surface area contributed by atoms with Crippen molar-refractivity contribution < 1.29 is 37.1 Å². The Kier molecular flexibility index (Phi) is 12.1. The van der Waals surface area contributed by atoms with Crippen molar-refractivity contribution in [3.8, 4) is 16.6 Å². The van der Waals surface area contributed by atoms with Gasteiger partial charge in [-0.15, -0.1) is 11.3 Å². The van der Waals surface area contributed by atoms with Crippen LogP contribution in [0.5, 0.6) is 6.01 Å². The number of nitrogens with zero attached hydrogens (tertiary/aromatic N) is 4. The second-order valence-corrected chi connectivity index (χ2v) is 22.9. The summed E-state index contributed by atoms with van der Waals surface area (Å²) < 4.78 is 42.3. The van der Waals surface area contributed by atoms with Crippen molar-refractivity contribution in [2.24, 2.45) is 11.8 Å². The van der Waals surface area contributed by atoms with Crippen molar-refractivity contribution in [2.45, 2.75) is 172 Å². The first-order valence-electron chi connectivity index (χ1n) is 22.6. The molecule has 16 heteroatoms. The van der Waals surface area contributed by atoms with Crippen LogP contribution < -0.4 is 14.8 Å². The summed E-state index contributed by atoms with van der Waals surface area (Å²) in [6, 6.07) is 5.40. The molecule has 2 N–H and O–H groups in total. The molecule has 3 fully saturated rings. The predicted octanol–water partition coefficient (Wildman–Crippen LogP) is 7.10. The second kappa shape index (κ2) is 17.0. The van der Waals surface area contributed by atoms with Crippen molar-refractivity contribution in [1.29, 1.82) is 0 Å². The number of amides is 3. The zero-order chi connectivity index (χ0) is 44.2. The monoisotopic (exact) mass is 890 g/mol. The Morgan fingerprint density at radius 2 is 1.87 bits per heavy atom. The molecule has 2 aromatic heterocycles. The van der Waals surface area contributed by atoms with Gasteiger partial charge in [-0.2, -0.15) is 4.98 Å². The van der Waals surface area contributed by atoms with Crippen LogP contribution in [0.1, 0.15) is 142 Å². The summed E-state index contributed by atoms with van der Waals surface area (Å²) in [5.41, 5.74) is 1.65. The fraction of sp³-hybridized carbons (Fsp3) is 0.652. The molecule has 0 spiro atoms. The highest BCUT2D eigenvalue weighted by Gasteiger charge is 2.63. The fourth-order valence-electron chi connectivity index (χ4n) is 9.35. The Morgan fingerprint density at radius 1 is 1.08 bits per heavy atom. The van der Waals surface area contributed by atoms with Crippen LogP contribution in [-0.4, -0.2) is 86.1 Å². The van der Waals surface area contributed by atoms with Gasteiger partial charge in [0.1, 0.15) is 33.8 Å². The molecule has 336 valence electrons. The largest absolute Gasteiger partial charge is 0.460 e. The molecular weight excluding hydrogens is 829 g/mol. The van der Waals surface area contributed by atoms with Gasteiger partial charge in [-0.25, -0.2) is 13.4 Å². The van der Waals surface area contributed by atoms with Crippen molar-refractivity contribution in [2.75, 3.05) is 6.54 Å². The number of thiazole rings is 1. The lowest BCUT2D eigenvalue weighted by atomic mass is 9.93. The van der Waals surface area contributed by atoms with Gasteiger partial charge in [-0.05, 0) is 124 Å². The Labute approximate surface area is 369 Å². The highest BCUT2D eigenvalue weighted by atomic mass is 32.2. The lowest BCUT2D eigenvalue weighted by Gasteiger charge is -2.30. The molecule has 2 saturated carbocycles. The standard InChI is InChI=1S/C46H62N6O8S2/c1-28(2)52-34-20-13-18-32(40-47-33-19-14-21-36(33)61-40)38(34)48-43(52)59-31-25-35-39(54)49-46(42(56)50-62(57,58)45(6)23-24-45)26-30(46)17-11-9-7-8-10-15-29(41(55)51(35)27-31)16-12-22-37(53)60-44(3,4)5/h11,13,17-18,20,28-31,35H,7-10,12,14-16,19,21-27H2,1-6H3,(H,49,54)(H,50,56). The van der Waals surface area contributed by atoms with Crippen LogP contribution in [0.25, 0.3) is 21.6 Å². The molecule has 5 atom stereocenters. The number of nitrogens with one attached hydrogen (secondary N) is 2. The predicted molar refractivity (Wildman–Crippen MR) is 237 cm³/mol. The van der Waals surface area contributed by atoms with Gasteiger partial charge < -0.3 is 19.7 Å². The zero-order valence-electron chi connectivity index (χ0n) is 37.0. The smallest absolute Gasteiger partial charge is 0.306 e. The number of carbonyl (C=O) groups is 4. The average molecular weight is 891 g/mol. The Bertz CT molecular complexity index is 2350. The highest BCUT2D eigenvalue weighted by Crippen LogP contribution is 2.48. The summed E-state index contributed by atoms with van der Waals surface area (Å²) in [6.45, 7) is 11.3. The van der Waals surface area contributed by atoms with Gasteiger partial charge in [0.25, 0.3) is 11.9 Å². The van der Waals surface area contributed by atoms with E-state index in [1.165, 1.54) is 4.88 Å². The first-order valence-corrected chi connectivity index (χ1v) is 24.9. The van der Waals surface area contributed by atoms with Crippen LogP contribution in [0.15, 0.2) is 30.4 Å². The molecule has 14 nitrogen and oxygen atoms in total. The third-order valence-corrected chi connectivity index (χ3v) is 16.6. The molecule has 8 rings (SSSR count). The number of hydrogen-bond donors (Lipinski definition) is 2. The molecule has 1 aromatic carbocycles. The lowest BCUT2D eigenvalue weighted by Crippen LogP contribution is -2.57. The van der Waals surface area contributed by atoms with Crippen molar-refractivity contribution in [1.82, 2.24) is 29.5 Å². The molecule has 2 aliphatic heterocycles. The van der Waals surface area contributed by atoms with E-state index < -0.39 is 61.7 Å². The molecular formula is C46H62N6O8S2. The van der Waals surface area contributed by atoms with E-state index in [1.54, 1.807) is 23.2 Å². The van der Waals surface area contributed by atoms with Gasteiger partial charge in [0, 0.05) is 41.2 Å². The van der Waals surface area contributed by atoms with E-state index >= 15 is 0 Å². The molecule has 3 amide bonds. The van der Waals surface area contributed by atoms with Crippen LogP contribution in [0, 0.1) is 11.8 Å². The first-order chi connectivity index (χ1) is 29.4. The van der Waals surface area contributed by atoms with E-state index in [-0.39, 0.29) is 43.7 Å². The zero-order valence-corrected chi connectivity index (χ0v) is 38.6. The number of benzene rings is 1. The number of carbonyl (C=O) groups excluding carboxylic acids is 4. The number of imidazole rings is 1. The van der Waals surface area contributed by atoms with E-state index in [2.05, 4.69) is 23.9 Å². The number of hydrogen-bond acceptors (Lipinski definition) is 11. The number of esters is 1. The van der Waals surface area contributed by atoms with E-state index in [9.17, 15) is 27.6 Å². The quantitative estimate of drug-likeness (QED) is 0.149. The highest BCUT2D eigenvalue weighted by molar-refractivity contribution is 7.91. The second-order valence-electron chi connectivity index (χ2n) is 19.7. The van der Waals surface area contributed by atoms with Gasteiger partial charge in [0.15, 0.2) is 0 Å². The van der Waals surface area contributed by atoms with Crippen molar-refractivity contribution in [3.05, 3.63) is 40.9 Å². The Hall–Kier alpha value is -4.31. The van der Waals surface area contributed by atoms with Gasteiger partial charge in [0.05, 0.1) is 22.5 Å². The Balaban J connectivity index is 1.10.